The van der Waals surface area contributed by atoms with E-state index in [-0.39, 0.29) is 18.2 Å². The van der Waals surface area contributed by atoms with Crippen molar-refractivity contribution in [3.8, 4) is 5.75 Å². The number of para-hydroxylation sites is 1. The molecule has 15 heteroatoms. The van der Waals surface area contributed by atoms with E-state index in [4.69, 9.17) is 29.0 Å². The summed E-state index contributed by atoms with van der Waals surface area (Å²) >= 11 is 0. The van der Waals surface area contributed by atoms with Crippen molar-refractivity contribution in [3.05, 3.63) is 54.5 Å². The lowest BCUT2D eigenvalue weighted by Gasteiger charge is -2.27. The van der Waals surface area contributed by atoms with Gasteiger partial charge in [-0.2, -0.15) is 10.2 Å². The van der Waals surface area contributed by atoms with Crippen LogP contribution in [0.2, 0.25) is 0 Å². The topological polar surface area (TPSA) is 189 Å². The molecule has 1 fully saturated rings. The number of ether oxygens (including phenoxy) is 3. The number of fused-ring (bicyclic) bond motifs is 1. The predicted octanol–water partition coefficient (Wildman–Crippen LogP) is 2.19. The predicted molar refractivity (Wildman–Crippen MR) is 152 cm³/mol. The van der Waals surface area contributed by atoms with E-state index in [9.17, 15) is 19.6 Å². The van der Waals surface area contributed by atoms with Gasteiger partial charge in [-0.25, -0.2) is 14.1 Å². The summed E-state index contributed by atoms with van der Waals surface area (Å²) in [5, 5.41) is 28.7. The number of aliphatic hydroxyl groups excluding tert-OH is 2. The Morgan fingerprint density at radius 1 is 1.26 bits per heavy atom. The van der Waals surface area contributed by atoms with Crippen molar-refractivity contribution in [2.45, 2.75) is 69.7 Å². The van der Waals surface area contributed by atoms with Crippen LogP contribution in [0.25, 0.3) is 5.52 Å². The molecule has 1 aliphatic rings. The standard InChI is InChI=1S/C27H38N5O9P/c1-17(25(35)38-14-13-26(2,3)37-5)31-42(36,41-18-9-7-6-8-10-18)39-15-20-22(33)23(34)27(4,40-20)21-12-11-19-24(28)29-16-30-32(19)21/h6-12,16-17,20,22-23,33-34H,13-15H2,1-5H3,(H,31,36)(H2,28,29,30)/t17-,20+,22+,23+,27-,42?/m0/s1. The van der Waals surface area contributed by atoms with Gasteiger partial charge in [0.15, 0.2) is 5.82 Å². The first-order valence-electron chi connectivity index (χ1n) is 13.4. The number of carbonyl (C=O) groups is 1. The number of rotatable bonds is 13. The van der Waals surface area contributed by atoms with Crippen LogP contribution in [-0.2, 0) is 33.7 Å². The largest absolute Gasteiger partial charge is 0.464 e. The number of esters is 1. The first-order valence-corrected chi connectivity index (χ1v) is 14.9. The maximum atomic E-state index is 13.9. The normalized spacial score (nSPS) is 24.8. The van der Waals surface area contributed by atoms with Crippen molar-refractivity contribution in [1.82, 2.24) is 19.7 Å². The molecule has 6 atom stereocenters. The molecule has 5 N–H and O–H groups in total. The lowest BCUT2D eigenvalue weighted by molar-refractivity contribution is -0.146. The molecule has 0 spiro atoms. The van der Waals surface area contributed by atoms with Crippen LogP contribution in [0.3, 0.4) is 0 Å². The fraction of sp³-hybridized carbons (Fsp3) is 0.519. The number of hydrogen-bond donors (Lipinski definition) is 4. The molecule has 42 heavy (non-hydrogen) atoms. The summed E-state index contributed by atoms with van der Waals surface area (Å²) in [4.78, 5) is 16.6. The number of aromatic nitrogens is 3. The minimum absolute atomic E-state index is 0.0833. The number of hydrogen-bond acceptors (Lipinski definition) is 12. The Hall–Kier alpha value is -3.10. The van der Waals surface area contributed by atoms with Gasteiger partial charge in [-0.15, -0.1) is 0 Å². The maximum Gasteiger partial charge on any atom is 0.459 e. The van der Waals surface area contributed by atoms with Crippen LogP contribution in [0.4, 0.5) is 5.82 Å². The Morgan fingerprint density at radius 3 is 2.67 bits per heavy atom. The highest BCUT2D eigenvalue weighted by Gasteiger charge is 2.54. The smallest absolute Gasteiger partial charge is 0.459 e. The average molecular weight is 608 g/mol. The number of nitrogen functional groups attached to an aromatic ring is 1. The van der Waals surface area contributed by atoms with Gasteiger partial charge in [0, 0.05) is 13.5 Å². The van der Waals surface area contributed by atoms with E-state index in [1.807, 2.05) is 13.8 Å². The zero-order valence-electron chi connectivity index (χ0n) is 24.2. The number of benzene rings is 1. The number of carbonyl (C=O) groups excluding carboxylic acids is 1. The number of anilines is 1. The number of aliphatic hydroxyl groups is 2. The molecule has 1 aromatic carbocycles. The monoisotopic (exact) mass is 607 g/mol. The number of nitrogens with two attached hydrogens (primary N) is 1. The quantitative estimate of drug-likeness (QED) is 0.164. The first-order chi connectivity index (χ1) is 19.8. The fourth-order valence-electron chi connectivity index (χ4n) is 4.45. The third-order valence-electron chi connectivity index (χ3n) is 7.24. The summed E-state index contributed by atoms with van der Waals surface area (Å²) < 4.78 is 43.5. The third kappa shape index (κ3) is 6.92. The SMILES string of the molecule is COC(C)(C)CCOC(=O)[C@H](C)NP(=O)(OC[C@H]1O[C@@](C)(c2ccc3c(N)ncnn23)[C@H](O)[C@@H]1O)Oc1ccccc1. The average Bonchev–Trinajstić information content (AvgIpc) is 3.49. The van der Waals surface area contributed by atoms with Crippen LogP contribution < -0.4 is 15.3 Å². The summed E-state index contributed by atoms with van der Waals surface area (Å²) in [6, 6.07) is 10.5. The molecule has 0 saturated carbocycles. The van der Waals surface area contributed by atoms with Crippen LogP contribution in [0.5, 0.6) is 5.75 Å². The Bertz CT molecular complexity index is 1420. The molecule has 14 nitrogen and oxygen atoms in total. The van der Waals surface area contributed by atoms with Crippen molar-refractivity contribution >= 4 is 25.1 Å². The summed E-state index contributed by atoms with van der Waals surface area (Å²) in [5.41, 5.74) is 4.92. The van der Waals surface area contributed by atoms with Crippen LogP contribution in [0.1, 0.15) is 39.8 Å². The van der Waals surface area contributed by atoms with Gasteiger partial charge >= 0.3 is 13.7 Å². The van der Waals surface area contributed by atoms with Crippen LogP contribution in [0, 0.1) is 0 Å². The second kappa shape index (κ2) is 12.6. The van der Waals surface area contributed by atoms with E-state index in [2.05, 4.69) is 15.2 Å². The summed E-state index contributed by atoms with van der Waals surface area (Å²) in [6.07, 6.45) is -2.27. The molecule has 1 saturated heterocycles. The minimum Gasteiger partial charge on any atom is -0.464 e. The lowest BCUT2D eigenvalue weighted by Crippen LogP contribution is -2.40. The summed E-state index contributed by atoms with van der Waals surface area (Å²) in [7, 11) is -2.69. The van der Waals surface area contributed by atoms with Crippen LogP contribution in [0.15, 0.2) is 48.8 Å². The highest BCUT2D eigenvalue weighted by atomic mass is 31.2. The number of methoxy groups -OCH3 is 1. The van der Waals surface area contributed by atoms with E-state index in [1.54, 1.807) is 56.5 Å². The summed E-state index contributed by atoms with van der Waals surface area (Å²) in [5.74, 6) is -0.234. The zero-order valence-corrected chi connectivity index (χ0v) is 25.1. The Morgan fingerprint density at radius 2 is 1.98 bits per heavy atom. The van der Waals surface area contributed by atoms with Crippen molar-refractivity contribution in [2.24, 2.45) is 0 Å². The van der Waals surface area contributed by atoms with E-state index < -0.39 is 55.9 Å². The maximum absolute atomic E-state index is 13.9. The van der Waals surface area contributed by atoms with Gasteiger partial charge in [-0.1, -0.05) is 18.2 Å². The van der Waals surface area contributed by atoms with Gasteiger partial charge < -0.3 is 34.7 Å². The van der Waals surface area contributed by atoms with Crippen LogP contribution >= 0.6 is 7.75 Å². The molecule has 1 aliphatic heterocycles. The molecule has 0 radical (unpaired) electrons. The second-order valence-corrected chi connectivity index (χ2v) is 12.5. The van der Waals surface area contributed by atoms with E-state index in [1.165, 1.54) is 17.8 Å². The van der Waals surface area contributed by atoms with Crippen molar-refractivity contribution < 1.29 is 42.8 Å². The Balaban J connectivity index is 1.48. The highest BCUT2D eigenvalue weighted by Crippen LogP contribution is 2.47. The number of nitrogens with zero attached hydrogens (tertiary/aromatic N) is 3. The van der Waals surface area contributed by atoms with Crippen molar-refractivity contribution in [3.63, 3.8) is 0 Å². The zero-order chi connectivity index (χ0) is 30.7. The van der Waals surface area contributed by atoms with Crippen molar-refractivity contribution in [1.29, 1.82) is 0 Å². The van der Waals surface area contributed by atoms with Gasteiger partial charge in [-0.05, 0) is 52.0 Å². The molecule has 1 unspecified atom stereocenters. The molecule has 0 bridgehead atoms. The molecule has 2 aromatic heterocycles. The highest BCUT2D eigenvalue weighted by molar-refractivity contribution is 7.52. The van der Waals surface area contributed by atoms with Crippen LogP contribution in [-0.4, -0.2) is 81.1 Å². The molecular weight excluding hydrogens is 569 g/mol. The minimum atomic E-state index is -4.26. The molecular formula is C27H38N5O9P. The number of nitrogens with one attached hydrogen (secondary N) is 1. The Labute approximate surface area is 243 Å². The first kappa shape index (κ1) is 31.8. The van der Waals surface area contributed by atoms with Gasteiger partial charge in [0.05, 0.1) is 24.5 Å². The lowest BCUT2D eigenvalue weighted by atomic mass is 9.93. The van der Waals surface area contributed by atoms with Gasteiger partial charge in [0.1, 0.15) is 47.5 Å². The Kier molecular flexibility index (Phi) is 9.58. The van der Waals surface area contributed by atoms with E-state index in [0.717, 1.165) is 0 Å². The second-order valence-electron chi connectivity index (χ2n) is 10.8. The van der Waals surface area contributed by atoms with E-state index in [0.29, 0.717) is 17.6 Å². The molecule has 0 amide bonds. The van der Waals surface area contributed by atoms with Gasteiger partial charge in [0.25, 0.3) is 0 Å². The van der Waals surface area contributed by atoms with E-state index >= 15 is 0 Å². The molecule has 0 aliphatic carbocycles. The molecule has 4 rings (SSSR count). The molecule has 230 valence electrons. The van der Waals surface area contributed by atoms with Crippen molar-refractivity contribution in [2.75, 3.05) is 26.1 Å². The molecule has 3 heterocycles. The summed E-state index contributed by atoms with van der Waals surface area (Å²) in [6.45, 7) is 6.39. The van der Waals surface area contributed by atoms with Gasteiger partial charge in [0.2, 0.25) is 0 Å². The third-order valence-corrected chi connectivity index (χ3v) is 8.88. The van der Waals surface area contributed by atoms with Gasteiger partial charge in [-0.3, -0.25) is 9.32 Å². The fourth-order valence-corrected chi connectivity index (χ4v) is 5.95. The molecule has 3 aromatic rings.